The fourth-order valence-electron chi connectivity index (χ4n) is 4.79. The zero-order valence-corrected chi connectivity index (χ0v) is 22.4. The summed E-state index contributed by atoms with van der Waals surface area (Å²) in [5.41, 5.74) is 5.23. The van der Waals surface area contributed by atoms with E-state index in [2.05, 4.69) is 84.8 Å². The van der Waals surface area contributed by atoms with Crippen molar-refractivity contribution in [2.75, 3.05) is 38.6 Å². The fraction of sp³-hybridized carbons (Fsp3) is 0.414. The van der Waals surface area contributed by atoms with E-state index in [0.29, 0.717) is 12.0 Å². The van der Waals surface area contributed by atoms with Crippen LogP contribution < -0.4 is 10.2 Å². The maximum Gasteiger partial charge on any atom is 0.228 e. The molecular formula is C29H35N5OS. The lowest BCUT2D eigenvalue weighted by Gasteiger charge is -2.19. The summed E-state index contributed by atoms with van der Waals surface area (Å²) in [7, 11) is 4.29. The van der Waals surface area contributed by atoms with Crippen molar-refractivity contribution in [1.82, 2.24) is 15.2 Å². The van der Waals surface area contributed by atoms with Crippen LogP contribution in [0.25, 0.3) is 22.4 Å². The maximum absolute atomic E-state index is 12.8. The highest BCUT2D eigenvalue weighted by atomic mass is 32.1. The van der Waals surface area contributed by atoms with Crippen molar-refractivity contribution < 1.29 is 4.79 Å². The van der Waals surface area contributed by atoms with Crippen molar-refractivity contribution in [3.8, 4) is 28.5 Å². The van der Waals surface area contributed by atoms with Crippen LogP contribution in [0.3, 0.4) is 0 Å². The summed E-state index contributed by atoms with van der Waals surface area (Å²) in [6.45, 7) is 6.32. The molecule has 2 heterocycles. The lowest BCUT2D eigenvalue weighted by Crippen LogP contribution is -2.31. The first-order valence-corrected chi connectivity index (χ1v) is 13.5. The minimum absolute atomic E-state index is 0.0258. The summed E-state index contributed by atoms with van der Waals surface area (Å²) in [6, 6.07) is 19.2. The van der Waals surface area contributed by atoms with Gasteiger partial charge in [0.1, 0.15) is 6.54 Å². The Hall–Kier alpha value is -3.21. The number of hydrogen-bond donors (Lipinski definition) is 1. The van der Waals surface area contributed by atoms with Gasteiger partial charge in [-0.05, 0) is 55.6 Å². The Bertz CT molecular complexity index is 1230. The highest BCUT2D eigenvalue weighted by Gasteiger charge is 2.26. The standard InChI is InChI=1S/C29H35N5OS/c1-20(2)15-26(28(35)31-13-12-30)23-9-5-7-21(16-23)22-8-6-10-24(17-22)27-19-36-29(32-27)34-14-11-25(18-34)33(3)4/h5-10,16-17,19-20,25-26H,11,13-15,18H2,1-4H3,(H,31,35). The highest BCUT2D eigenvalue weighted by molar-refractivity contribution is 7.14. The Labute approximate surface area is 218 Å². The van der Waals surface area contributed by atoms with E-state index < -0.39 is 0 Å². The van der Waals surface area contributed by atoms with Gasteiger partial charge in [0, 0.05) is 30.1 Å². The minimum Gasteiger partial charge on any atom is -0.346 e. The predicted molar refractivity (Wildman–Crippen MR) is 148 cm³/mol. The Kier molecular flexibility index (Phi) is 8.40. The molecule has 1 aromatic heterocycles. The zero-order valence-electron chi connectivity index (χ0n) is 21.6. The van der Waals surface area contributed by atoms with E-state index >= 15 is 0 Å². The quantitative estimate of drug-likeness (QED) is 0.398. The Morgan fingerprint density at radius 3 is 2.61 bits per heavy atom. The fourth-order valence-corrected chi connectivity index (χ4v) is 5.66. The number of carbonyl (C=O) groups is 1. The van der Waals surface area contributed by atoms with Gasteiger partial charge in [0.2, 0.25) is 5.91 Å². The van der Waals surface area contributed by atoms with Gasteiger partial charge in [0.15, 0.2) is 5.13 Å². The first kappa shape index (κ1) is 25.9. The molecule has 3 aromatic rings. The van der Waals surface area contributed by atoms with Crippen LogP contribution in [0.2, 0.25) is 0 Å². The average Bonchev–Trinajstić information content (AvgIpc) is 3.56. The molecule has 36 heavy (non-hydrogen) atoms. The number of hydrogen-bond acceptors (Lipinski definition) is 6. The minimum atomic E-state index is -0.283. The Morgan fingerprint density at radius 2 is 1.92 bits per heavy atom. The van der Waals surface area contributed by atoms with E-state index in [1.807, 2.05) is 18.2 Å². The molecule has 0 radical (unpaired) electrons. The lowest BCUT2D eigenvalue weighted by atomic mass is 9.87. The number of amides is 1. The second-order valence-corrected chi connectivity index (χ2v) is 11.0. The molecule has 2 atom stereocenters. The van der Waals surface area contributed by atoms with Gasteiger partial charge in [-0.1, -0.05) is 56.3 Å². The second-order valence-electron chi connectivity index (χ2n) is 10.1. The van der Waals surface area contributed by atoms with E-state index in [9.17, 15) is 4.79 Å². The average molecular weight is 502 g/mol. The lowest BCUT2D eigenvalue weighted by molar-refractivity contribution is -0.122. The molecular weight excluding hydrogens is 466 g/mol. The summed E-state index contributed by atoms with van der Waals surface area (Å²) in [5, 5.41) is 14.9. The topological polar surface area (TPSA) is 72.3 Å². The van der Waals surface area contributed by atoms with Crippen LogP contribution in [0.4, 0.5) is 5.13 Å². The van der Waals surface area contributed by atoms with Crippen molar-refractivity contribution in [3.63, 3.8) is 0 Å². The molecule has 0 spiro atoms. The molecule has 1 saturated heterocycles. The molecule has 6 nitrogen and oxygen atoms in total. The number of nitrogens with one attached hydrogen (secondary N) is 1. The molecule has 4 rings (SSSR count). The van der Waals surface area contributed by atoms with E-state index in [1.54, 1.807) is 11.3 Å². The van der Waals surface area contributed by atoms with Crippen LogP contribution >= 0.6 is 11.3 Å². The third-order valence-electron chi connectivity index (χ3n) is 6.80. The number of nitriles is 1. The molecule has 1 aliphatic heterocycles. The first-order chi connectivity index (χ1) is 17.4. The molecule has 0 saturated carbocycles. The summed E-state index contributed by atoms with van der Waals surface area (Å²) in [4.78, 5) is 22.5. The number of carbonyl (C=O) groups excluding carboxylic acids is 1. The van der Waals surface area contributed by atoms with Gasteiger partial charge < -0.3 is 15.1 Å². The molecule has 2 unspecified atom stereocenters. The van der Waals surface area contributed by atoms with Crippen molar-refractivity contribution in [2.24, 2.45) is 5.92 Å². The van der Waals surface area contributed by atoms with Crippen LogP contribution in [0.5, 0.6) is 0 Å². The predicted octanol–water partition coefficient (Wildman–Crippen LogP) is 5.39. The maximum atomic E-state index is 12.8. The van der Waals surface area contributed by atoms with Gasteiger partial charge in [-0.15, -0.1) is 11.3 Å². The van der Waals surface area contributed by atoms with Gasteiger partial charge in [0.25, 0.3) is 0 Å². The van der Waals surface area contributed by atoms with Crippen molar-refractivity contribution in [1.29, 1.82) is 5.26 Å². The molecule has 0 bridgehead atoms. The second kappa shape index (κ2) is 11.7. The summed E-state index contributed by atoms with van der Waals surface area (Å²) < 4.78 is 0. The van der Waals surface area contributed by atoms with E-state index in [4.69, 9.17) is 10.2 Å². The zero-order chi connectivity index (χ0) is 25.7. The monoisotopic (exact) mass is 501 g/mol. The molecule has 7 heteroatoms. The van der Waals surface area contributed by atoms with Crippen molar-refractivity contribution in [3.05, 3.63) is 59.5 Å². The molecule has 0 aliphatic carbocycles. The summed E-state index contributed by atoms with van der Waals surface area (Å²) >= 11 is 1.71. The number of anilines is 1. The van der Waals surface area contributed by atoms with Gasteiger partial charge >= 0.3 is 0 Å². The number of likely N-dealkylation sites (N-methyl/N-ethyl adjacent to an activating group) is 1. The third-order valence-corrected chi connectivity index (χ3v) is 7.70. The molecule has 1 amide bonds. The SMILES string of the molecule is CC(C)CC(C(=O)NCC#N)c1cccc(-c2cccc(-c3csc(N4CCC(N(C)C)C4)n3)c2)c1. The van der Waals surface area contributed by atoms with E-state index in [1.165, 1.54) is 6.42 Å². The highest BCUT2D eigenvalue weighted by Crippen LogP contribution is 2.33. The van der Waals surface area contributed by atoms with Crippen LogP contribution in [0, 0.1) is 17.2 Å². The van der Waals surface area contributed by atoms with Gasteiger partial charge in [-0.2, -0.15) is 5.26 Å². The van der Waals surface area contributed by atoms with Crippen LogP contribution in [0.15, 0.2) is 53.9 Å². The van der Waals surface area contributed by atoms with Gasteiger partial charge in [-0.3, -0.25) is 4.79 Å². The van der Waals surface area contributed by atoms with Crippen LogP contribution in [0.1, 0.15) is 38.2 Å². The Morgan fingerprint density at radius 1 is 1.19 bits per heavy atom. The third kappa shape index (κ3) is 6.13. The van der Waals surface area contributed by atoms with E-state index in [0.717, 1.165) is 52.6 Å². The number of thiazole rings is 1. The van der Waals surface area contributed by atoms with Crippen LogP contribution in [-0.4, -0.2) is 55.6 Å². The molecule has 1 fully saturated rings. The number of aromatic nitrogens is 1. The first-order valence-electron chi connectivity index (χ1n) is 12.6. The van der Waals surface area contributed by atoms with Crippen molar-refractivity contribution in [2.45, 2.75) is 38.6 Å². The number of nitrogens with zero attached hydrogens (tertiary/aromatic N) is 4. The van der Waals surface area contributed by atoms with Gasteiger partial charge in [0.05, 0.1) is 17.7 Å². The Balaban J connectivity index is 1.56. The molecule has 1 aliphatic rings. The van der Waals surface area contributed by atoms with E-state index in [-0.39, 0.29) is 18.4 Å². The molecule has 2 aromatic carbocycles. The van der Waals surface area contributed by atoms with Gasteiger partial charge in [-0.25, -0.2) is 4.98 Å². The van der Waals surface area contributed by atoms with Crippen LogP contribution in [-0.2, 0) is 4.79 Å². The number of rotatable bonds is 9. The summed E-state index contributed by atoms with van der Waals surface area (Å²) in [6.07, 6.45) is 1.90. The molecule has 1 N–H and O–H groups in total. The molecule has 188 valence electrons. The number of benzene rings is 2. The summed E-state index contributed by atoms with van der Waals surface area (Å²) in [5.74, 6) is -0.0177. The smallest absolute Gasteiger partial charge is 0.228 e. The van der Waals surface area contributed by atoms with Crippen molar-refractivity contribution >= 4 is 22.4 Å². The largest absolute Gasteiger partial charge is 0.346 e. The normalized spacial score (nSPS) is 16.4.